The molecule has 96 valence electrons. The fraction of sp³-hybridized carbons (Fsp3) is 0.467. The van der Waals surface area contributed by atoms with Gasteiger partial charge in [-0.05, 0) is 45.4 Å². The minimum Gasteiger partial charge on any atom is -0.462 e. The van der Waals surface area contributed by atoms with Crippen molar-refractivity contribution in [2.75, 3.05) is 11.9 Å². The van der Waals surface area contributed by atoms with Gasteiger partial charge in [0.15, 0.2) is 0 Å². The van der Waals surface area contributed by atoms with Crippen LogP contribution in [0.3, 0.4) is 0 Å². The topological polar surface area (TPSA) is 37.2 Å². The maximum atomic E-state index is 5.56. The third kappa shape index (κ3) is 2.23. The van der Waals surface area contributed by atoms with Crippen LogP contribution in [0.1, 0.15) is 26.7 Å². The van der Waals surface area contributed by atoms with Gasteiger partial charge in [-0.25, -0.2) is 0 Å². The quantitative estimate of drug-likeness (QED) is 0.850. The summed E-state index contributed by atoms with van der Waals surface area (Å²) in [6.07, 6.45) is 4.12. The van der Waals surface area contributed by atoms with Crippen LogP contribution in [-0.4, -0.2) is 18.1 Å². The molecule has 2 aromatic rings. The largest absolute Gasteiger partial charge is 0.462 e. The fourth-order valence-corrected chi connectivity index (χ4v) is 2.81. The van der Waals surface area contributed by atoms with E-state index in [-0.39, 0.29) is 5.54 Å². The monoisotopic (exact) mass is 244 g/mol. The Hall–Kier alpha value is -1.48. The smallest absolute Gasteiger partial charge is 0.136 e. The minimum absolute atomic E-state index is 0.218. The summed E-state index contributed by atoms with van der Waals surface area (Å²) < 4.78 is 5.56. The second-order valence-electron chi connectivity index (χ2n) is 5.79. The minimum atomic E-state index is 0.218. The van der Waals surface area contributed by atoms with Gasteiger partial charge in [0.25, 0.3) is 0 Å². The molecule has 1 aliphatic rings. The number of nitrogens with one attached hydrogen (secondary N) is 2. The number of fused-ring (bicyclic) bond motifs is 1. The van der Waals surface area contributed by atoms with Crippen molar-refractivity contribution in [1.29, 1.82) is 0 Å². The number of rotatable bonds is 2. The first-order valence-corrected chi connectivity index (χ1v) is 6.62. The van der Waals surface area contributed by atoms with Crippen LogP contribution in [0.2, 0.25) is 0 Å². The molecule has 1 aromatic carbocycles. The van der Waals surface area contributed by atoms with E-state index < -0.39 is 0 Å². The van der Waals surface area contributed by atoms with E-state index in [0.29, 0.717) is 6.04 Å². The maximum Gasteiger partial charge on any atom is 0.136 e. The lowest BCUT2D eigenvalue weighted by Crippen LogP contribution is -2.49. The Kier molecular flexibility index (Phi) is 2.78. The lowest BCUT2D eigenvalue weighted by Gasteiger charge is -2.37. The SMILES string of the molecule is CC1(C)CC(Nc2coc3ccccc23)CCN1. The predicted octanol–water partition coefficient (Wildman–Crippen LogP) is 3.38. The van der Waals surface area contributed by atoms with Gasteiger partial charge in [0.1, 0.15) is 11.8 Å². The van der Waals surface area contributed by atoms with Gasteiger partial charge in [-0.3, -0.25) is 0 Å². The third-order valence-corrected chi connectivity index (χ3v) is 3.69. The fourth-order valence-electron chi connectivity index (χ4n) is 2.81. The van der Waals surface area contributed by atoms with Crippen LogP contribution in [0.25, 0.3) is 11.0 Å². The van der Waals surface area contributed by atoms with Crippen LogP contribution in [0.4, 0.5) is 5.69 Å². The molecule has 1 aromatic heterocycles. The van der Waals surface area contributed by atoms with Gasteiger partial charge in [0.05, 0.1) is 5.69 Å². The van der Waals surface area contributed by atoms with Crippen LogP contribution in [0, 0.1) is 0 Å². The molecule has 0 bridgehead atoms. The van der Waals surface area contributed by atoms with Crippen molar-refractivity contribution < 1.29 is 4.42 Å². The summed E-state index contributed by atoms with van der Waals surface area (Å²) in [5, 5.41) is 8.34. The van der Waals surface area contributed by atoms with E-state index in [1.54, 1.807) is 0 Å². The second-order valence-corrected chi connectivity index (χ2v) is 5.79. The first-order chi connectivity index (χ1) is 8.64. The van der Waals surface area contributed by atoms with Crippen LogP contribution in [-0.2, 0) is 0 Å². The molecule has 0 saturated carbocycles. The van der Waals surface area contributed by atoms with Crippen molar-refractivity contribution in [3.05, 3.63) is 30.5 Å². The molecule has 3 rings (SSSR count). The number of piperidine rings is 1. The second kappa shape index (κ2) is 4.32. The van der Waals surface area contributed by atoms with Crippen molar-refractivity contribution in [2.24, 2.45) is 0 Å². The van der Waals surface area contributed by atoms with Crippen molar-refractivity contribution in [2.45, 2.75) is 38.3 Å². The third-order valence-electron chi connectivity index (χ3n) is 3.69. The molecule has 3 heteroatoms. The van der Waals surface area contributed by atoms with Crippen LogP contribution < -0.4 is 10.6 Å². The van der Waals surface area contributed by atoms with Gasteiger partial charge < -0.3 is 15.1 Å². The molecule has 18 heavy (non-hydrogen) atoms. The maximum absolute atomic E-state index is 5.56. The van der Waals surface area contributed by atoms with Gasteiger partial charge >= 0.3 is 0 Å². The zero-order valence-electron chi connectivity index (χ0n) is 11.0. The number of hydrogen-bond donors (Lipinski definition) is 2. The first-order valence-electron chi connectivity index (χ1n) is 6.62. The molecule has 1 atom stereocenters. The predicted molar refractivity (Wildman–Crippen MR) is 74.9 cm³/mol. The zero-order chi connectivity index (χ0) is 12.6. The normalized spacial score (nSPS) is 23.1. The van der Waals surface area contributed by atoms with Crippen molar-refractivity contribution in [3.63, 3.8) is 0 Å². The first kappa shape index (κ1) is 11.6. The Labute approximate surface area is 108 Å². The highest BCUT2D eigenvalue weighted by molar-refractivity contribution is 5.90. The van der Waals surface area contributed by atoms with Crippen molar-refractivity contribution in [3.8, 4) is 0 Å². The number of anilines is 1. The molecular weight excluding hydrogens is 224 g/mol. The number of para-hydroxylation sites is 1. The van der Waals surface area contributed by atoms with E-state index in [0.717, 1.165) is 30.7 Å². The molecule has 0 spiro atoms. The number of benzene rings is 1. The molecule has 2 heterocycles. The van der Waals surface area contributed by atoms with Gasteiger partial charge in [-0.1, -0.05) is 12.1 Å². The van der Waals surface area contributed by atoms with Gasteiger partial charge in [0, 0.05) is 17.0 Å². The Morgan fingerprint density at radius 1 is 1.33 bits per heavy atom. The van der Waals surface area contributed by atoms with E-state index in [2.05, 4.69) is 36.6 Å². The van der Waals surface area contributed by atoms with Crippen LogP contribution >= 0.6 is 0 Å². The van der Waals surface area contributed by atoms with Crippen molar-refractivity contribution in [1.82, 2.24) is 5.32 Å². The molecule has 3 nitrogen and oxygen atoms in total. The Balaban J connectivity index is 1.80. The summed E-state index contributed by atoms with van der Waals surface area (Å²) in [7, 11) is 0. The van der Waals surface area contributed by atoms with Crippen LogP contribution in [0.5, 0.6) is 0 Å². The van der Waals surface area contributed by atoms with Gasteiger partial charge in [-0.2, -0.15) is 0 Å². The van der Waals surface area contributed by atoms with Gasteiger partial charge in [-0.15, -0.1) is 0 Å². The molecule has 1 fully saturated rings. The molecule has 0 aliphatic carbocycles. The molecule has 2 N–H and O–H groups in total. The van der Waals surface area contributed by atoms with Gasteiger partial charge in [0.2, 0.25) is 0 Å². The summed E-state index contributed by atoms with van der Waals surface area (Å²) in [5.74, 6) is 0. The molecular formula is C15H20N2O. The average Bonchev–Trinajstić information content (AvgIpc) is 2.72. The molecule has 0 amide bonds. The van der Waals surface area contributed by atoms with E-state index in [1.165, 1.54) is 5.39 Å². The lowest BCUT2D eigenvalue weighted by molar-refractivity contribution is 0.286. The Bertz CT molecular complexity index is 544. The molecule has 0 radical (unpaired) electrons. The lowest BCUT2D eigenvalue weighted by atomic mass is 9.89. The van der Waals surface area contributed by atoms with E-state index in [4.69, 9.17) is 4.42 Å². The molecule has 1 saturated heterocycles. The summed E-state index contributed by atoms with van der Waals surface area (Å²) in [4.78, 5) is 0. The van der Waals surface area contributed by atoms with E-state index in [9.17, 15) is 0 Å². The summed E-state index contributed by atoms with van der Waals surface area (Å²) in [5.41, 5.74) is 2.29. The number of hydrogen-bond acceptors (Lipinski definition) is 3. The highest BCUT2D eigenvalue weighted by atomic mass is 16.3. The zero-order valence-corrected chi connectivity index (χ0v) is 11.0. The highest BCUT2D eigenvalue weighted by Crippen LogP contribution is 2.28. The van der Waals surface area contributed by atoms with E-state index in [1.807, 2.05) is 18.4 Å². The van der Waals surface area contributed by atoms with Crippen molar-refractivity contribution >= 4 is 16.7 Å². The number of furan rings is 1. The van der Waals surface area contributed by atoms with E-state index >= 15 is 0 Å². The molecule has 1 unspecified atom stereocenters. The standard InChI is InChI=1S/C15H20N2O/c1-15(2)9-11(7-8-16-15)17-13-10-18-14-6-4-3-5-12(13)14/h3-6,10-11,16-17H,7-9H2,1-2H3. The van der Waals surface area contributed by atoms with Crippen LogP contribution in [0.15, 0.2) is 34.9 Å². The summed E-state index contributed by atoms with van der Waals surface area (Å²) in [6, 6.07) is 8.68. The highest BCUT2D eigenvalue weighted by Gasteiger charge is 2.27. The Morgan fingerprint density at radius 2 is 2.17 bits per heavy atom. The average molecular weight is 244 g/mol. The summed E-state index contributed by atoms with van der Waals surface area (Å²) in [6.45, 7) is 5.59. The Morgan fingerprint density at radius 3 is 3.00 bits per heavy atom. The molecule has 1 aliphatic heterocycles. The summed E-state index contributed by atoms with van der Waals surface area (Å²) >= 11 is 0.